The number of nitrogens with one attached hydrogen (secondary N) is 2. The Hall–Kier alpha value is -3.38. The van der Waals surface area contributed by atoms with Crippen LogP contribution in [0.15, 0.2) is 66.7 Å². The molecular formula is C26H28N4O2. The number of hydrogen-bond donors (Lipinski definition) is 2. The van der Waals surface area contributed by atoms with E-state index in [-0.39, 0.29) is 11.9 Å². The van der Waals surface area contributed by atoms with Gasteiger partial charge in [-0.25, -0.2) is 4.79 Å². The molecule has 5 rings (SSSR count). The number of piperazine rings is 1. The maximum Gasteiger partial charge on any atom is 0.319 e. The monoisotopic (exact) mass is 428 g/mol. The van der Waals surface area contributed by atoms with E-state index in [1.165, 1.54) is 16.3 Å². The predicted molar refractivity (Wildman–Crippen MR) is 127 cm³/mol. The Morgan fingerprint density at radius 2 is 1.56 bits per heavy atom. The maximum atomic E-state index is 12.9. The average Bonchev–Trinajstić information content (AvgIpc) is 3.64. The van der Waals surface area contributed by atoms with Crippen molar-refractivity contribution in [2.75, 3.05) is 31.5 Å². The summed E-state index contributed by atoms with van der Waals surface area (Å²) < 4.78 is 0. The molecule has 0 atom stereocenters. The van der Waals surface area contributed by atoms with Crippen molar-refractivity contribution in [3.05, 3.63) is 77.9 Å². The smallest absolute Gasteiger partial charge is 0.319 e. The first-order chi connectivity index (χ1) is 15.7. The SMILES string of the molecule is O=C(Nc1ccc(C(=O)N2CCN(Cc3cccc4ccccc34)CC2)cc1)NC1CC1. The third kappa shape index (κ3) is 4.75. The molecular weight excluding hydrogens is 400 g/mol. The predicted octanol–water partition coefficient (Wildman–Crippen LogP) is 4.08. The van der Waals surface area contributed by atoms with Crippen LogP contribution in [-0.2, 0) is 6.54 Å². The second-order valence-electron chi connectivity index (χ2n) is 8.66. The van der Waals surface area contributed by atoms with Gasteiger partial charge in [0.2, 0.25) is 0 Å². The molecule has 3 aromatic carbocycles. The highest BCUT2D eigenvalue weighted by atomic mass is 16.2. The molecule has 0 spiro atoms. The van der Waals surface area contributed by atoms with E-state index in [9.17, 15) is 9.59 Å². The number of hydrogen-bond acceptors (Lipinski definition) is 3. The Kier molecular flexibility index (Phi) is 5.77. The van der Waals surface area contributed by atoms with Crippen LogP contribution < -0.4 is 10.6 Å². The lowest BCUT2D eigenvalue weighted by Crippen LogP contribution is -2.48. The fraction of sp³-hybridized carbons (Fsp3) is 0.308. The van der Waals surface area contributed by atoms with Gasteiger partial charge in [-0.05, 0) is 53.4 Å². The van der Waals surface area contributed by atoms with Gasteiger partial charge < -0.3 is 15.5 Å². The zero-order valence-electron chi connectivity index (χ0n) is 18.1. The van der Waals surface area contributed by atoms with Crippen molar-refractivity contribution >= 4 is 28.4 Å². The highest BCUT2D eigenvalue weighted by molar-refractivity contribution is 5.95. The summed E-state index contributed by atoms with van der Waals surface area (Å²) in [5, 5.41) is 8.28. The lowest BCUT2D eigenvalue weighted by molar-refractivity contribution is 0.0629. The summed E-state index contributed by atoms with van der Waals surface area (Å²) in [5.41, 5.74) is 2.68. The number of rotatable bonds is 5. The van der Waals surface area contributed by atoms with Gasteiger partial charge >= 0.3 is 6.03 Å². The molecule has 1 saturated carbocycles. The molecule has 6 nitrogen and oxygen atoms in total. The molecule has 1 aliphatic carbocycles. The van der Waals surface area contributed by atoms with Crippen LogP contribution in [0, 0.1) is 0 Å². The van der Waals surface area contributed by atoms with Crippen LogP contribution in [0.2, 0.25) is 0 Å². The van der Waals surface area contributed by atoms with E-state index in [4.69, 9.17) is 0 Å². The van der Waals surface area contributed by atoms with E-state index in [1.807, 2.05) is 4.90 Å². The van der Waals surface area contributed by atoms with Crippen LogP contribution in [0.4, 0.5) is 10.5 Å². The fourth-order valence-electron chi connectivity index (χ4n) is 4.24. The fourth-order valence-corrected chi connectivity index (χ4v) is 4.24. The van der Waals surface area contributed by atoms with Gasteiger partial charge in [0.15, 0.2) is 0 Å². The van der Waals surface area contributed by atoms with E-state index in [0.717, 1.165) is 32.5 Å². The van der Waals surface area contributed by atoms with E-state index in [1.54, 1.807) is 24.3 Å². The maximum absolute atomic E-state index is 12.9. The lowest BCUT2D eigenvalue weighted by Gasteiger charge is -2.35. The molecule has 1 saturated heterocycles. The quantitative estimate of drug-likeness (QED) is 0.644. The molecule has 0 radical (unpaired) electrons. The van der Waals surface area contributed by atoms with Crippen molar-refractivity contribution in [3.8, 4) is 0 Å². The topological polar surface area (TPSA) is 64.7 Å². The van der Waals surface area contributed by atoms with Crippen molar-refractivity contribution in [2.45, 2.75) is 25.4 Å². The summed E-state index contributed by atoms with van der Waals surface area (Å²) in [5.74, 6) is 0.0452. The van der Waals surface area contributed by atoms with Gasteiger partial charge in [-0.2, -0.15) is 0 Å². The Bertz CT molecular complexity index is 1110. The molecule has 0 bridgehead atoms. The molecule has 1 aliphatic heterocycles. The van der Waals surface area contributed by atoms with Crippen molar-refractivity contribution in [1.29, 1.82) is 0 Å². The number of fused-ring (bicyclic) bond motifs is 1. The molecule has 2 N–H and O–H groups in total. The van der Waals surface area contributed by atoms with E-state index in [0.29, 0.717) is 30.4 Å². The van der Waals surface area contributed by atoms with Gasteiger partial charge in [0.1, 0.15) is 0 Å². The highest BCUT2D eigenvalue weighted by Gasteiger charge is 2.24. The third-order valence-electron chi connectivity index (χ3n) is 6.24. The minimum atomic E-state index is -0.186. The first kappa shape index (κ1) is 20.5. The number of benzene rings is 3. The number of amides is 3. The normalized spacial score (nSPS) is 16.7. The van der Waals surface area contributed by atoms with Gasteiger partial charge in [-0.3, -0.25) is 9.69 Å². The Labute approximate surface area is 188 Å². The molecule has 2 fully saturated rings. The van der Waals surface area contributed by atoms with Crippen LogP contribution >= 0.6 is 0 Å². The summed E-state index contributed by atoms with van der Waals surface area (Å²) >= 11 is 0. The molecule has 2 aliphatic rings. The number of carbonyl (C=O) groups excluding carboxylic acids is 2. The number of nitrogens with zero attached hydrogens (tertiary/aromatic N) is 2. The Morgan fingerprint density at radius 1 is 0.844 bits per heavy atom. The summed E-state index contributed by atoms with van der Waals surface area (Å²) in [4.78, 5) is 29.1. The van der Waals surface area contributed by atoms with Crippen LogP contribution in [0.25, 0.3) is 10.8 Å². The summed E-state index contributed by atoms with van der Waals surface area (Å²) in [7, 11) is 0. The molecule has 164 valence electrons. The lowest BCUT2D eigenvalue weighted by atomic mass is 10.0. The largest absolute Gasteiger partial charge is 0.336 e. The number of anilines is 1. The second kappa shape index (κ2) is 9.01. The molecule has 1 heterocycles. The van der Waals surface area contributed by atoms with Gasteiger partial charge in [0.05, 0.1) is 0 Å². The average molecular weight is 429 g/mol. The van der Waals surface area contributed by atoms with E-state index < -0.39 is 0 Å². The van der Waals surface area contributed by atoms with Gasteiger partial charge in [-0.15, -0.1) is 0 Å². The van der Waals surface area contributed by atoms with Crippen LogP contribution in [0.5, 0.6) is 0 Å². The molecule has 6 heteroatoms. The van der Waals surface area contributed by atoms with Crippen LogP contribution in [0.1, 0.15) is 28.8 Å². The summed E-state index contributed by atoms with van der Waals surface area (Å²) in [6, 6.07) is 22.2. The molecule has 32 heavy (non-hydrogen) atoms. The van der Waals surface area contributed by atoms with E-state index in [2.05, 4.69) is 58.0 Å². The summed E-state index contributed by atoms with van der Waals surface area (Å²) in [6.07, 6.45) is 2.10. The summed E-state index contributed by atoms with van der Waals surface area (Å²) in [6.45, 7) is 4.04. The third-order valence-corrected chi connectivity index (χ3v) is 6.24. The first-order valence-corrected chi connectivity index (χ1v) is 11.3. The van der Waals surface area contributed by atoms with E-state index >= 15 is 0 Å². The molecule has 0 aromatic heterocycles. The molecule has 3 amide bonds. The van der Waals surface area contributed by atoms with Crippen molar-refractivity contribution in [1.82, 2.24) is 15.1 Å². The number of urea groups is 1. The van der Waals surface area contributed by atoms with Crippen molar-refractivity contribution < 1.29 is 9.59 Å². The minimum absolute atomic E-state index is 0.0452. The first-order valence-electron chi connectivity index (χ1n) is 11.3. The minimum Gasteiger partial charge on any atom is -0.336 e. The van der Waals surface area contributed by atoms with Gasteiger partial charge in [0, 0.05) is 50.0 Å². The Balaban J connectivity index is 1.15. The number of carbonyl (C=O) groups is 2. The molecule has 3 aromatic rings. The van der Waals surface area contributed by atoms with Crippen molar-refractivity contribution in [3.63, 3.8) is 0 Å². The van der Waals surface area contributed by atoms with Crippen LogP contribution in [0.3, 0.4) is 0 Å². The second-order valence-corrected chi connectivity index (χ2v) is 8.66. The van der Waals surface area contributed by atoms with Gasteiger partial charge in [-0.1, -0.05) is 42.5 Å². The van der Waals surface area contributed by atoms with Crippen LogP contribution in [-0.4, -0.2) is 54.0 Å². The standard InChI is InChI=1S/C26H28N4O2/c31-25(20-8-10-22(11-9-20)27-26(32)28-23-12-13-23)30-16-14-29(15-17-30)18-21-6-3-5-19-4-1-2-7-24(19)21/h1-11,23H,12-18H2,(H2,27,28,32). The van der Waals surface area contributed by atoms with Crippen molar-refractivity contribution in [2.24, 2.45) is 0 Å². The van der Waals surface area contributed by atoms with Gasteiger partial charge in [0.25, 0.3) is 5.91 Å². The zero-order chi connectivity index (χ0) is 21.9. The highest BCUT2D eigenvalue weighted by Crippen LogP contribution is 2.21. The molecule has 0 unspecified atom stereocenters. The zero-order valence-corrected chi connectivity index (χ0v) is 18.1. The Morgan fingerprint density at radius 3 is 2.31 bits per heavy atom.